The maximum Gasteiger partial charge on any atom is 0.125 e. The van der Waals surface area contributed by atoms with E-state index in [1.54, 1.807) is 14.2 Å². The molecule has 0 saturated heterocycles. The molecule has 2 atom stereocenters. The monoisotopic (exact) mass is 287 g/mol. The summed E-state index contributed by atoms with van der Waals surface area (Å²) in [6, 6.07) is 12.2. The van der Waals surface area contributed by atoms with Gasteiger partial charge < -0.3 is 9.47 Å². The van der Waals surface area contributed by atoms with Crippen LogP contribution in [0.1, 0.15) is 37.9 Å². The highest BCUT2D eigenvalue weighted by Gasteiger charge is 2.20. The Morgan fingerprint density at radius 3 is 2.48 bits per heavy atom. The molecule has 0 aliphatic carbocycles. The molecule has 0 saturated carbocycles. The van der Waals surface area contributed by atoms with E-state index in [0.29, 0.717) is 19.3 Å². The smallest absolute Gasteiger partial charge is 0.125 e. The van der Waals surface area contributed by atoms with Crippen LogP contribution in [0.25, 0.3) is 10.8 Å². The van der Waals surface area contributed by atoms with E-state index < -0.39 is 6.10 Å². The summed E-state index contributed by atoms with van der Waals surface area (Å²) in [7, 11) is 3.36. The summed E-state index contributed by atoms with van der Waals surface area (Å²) >= 11 is 0. The Morgan fingerprint density at radius 2 is 1.81 bits per heavy atom. The standard InChI is InChI=1S/C18H23O3/c1-4-14(19)10-12-17(21-3)18-15-8-6-5-7-13(15)9-11-16(18)20-2/h5-9,11,14,17H,4,10,12H2,1-3H3. The zero-order valence-electron chi connectivity index (χ0n) is 13.0. The van der Waals surface area contributed by atoms with E-state index in [1.165, 1.54) is 0 Å². The van der Waals surface area contributed by atoms with Crippen LogP contribution in [0.15, 0.2) is 36.4 Å². The highest BCUT2D eigenvalue weighted by atomic mass is 16.5. The van der Waals surface area contributed by atoms with Gasteiger partial charge in [-0.2, -0.15) is 0 Å². The van der Waals surface area contributed by atoms with Crippen LogP contribution in [0.5, 0.6) is 5.75 Å². The van der Waals surface area contributed by atoms with Gasteiger partial charge in [0.05, 0.1) is 19.3 Å². The molecule has 0 aromatic heterocycles. The number of methoxy groups -OCH3 is 2. The molecule has 0 heterocycles. The Bertz CT molecular complexity index is 580. The van der Waals surface area contributed by atoms with Crippen LogP contribution in [0, 0.1) is 0 Å². The van der Waals surface area contributed by atoms with Crippen LogP contribution >= 0.6 is 0 Å². The van der Waals surface area contributed by atoms with Crippen molar-refractivity contribution in [2.75, 3.05) is 14.2 Å². The fourth-order valence-electron chi connectivity index (χ4n) is 2.71. The highest BCUT2D eigenvalue weighted by Crippen LogP contribution is 2.37. The lowest BCUT2D eigenvalue weighted by Crippen LogP contribution is -2.09. The molecular weight excluding hydrogens is 264 g/mol. The Hall–Kier alpha value is -1.58. The van der Waals surface area contributed by atoms with E-state index in [4.69, 9.17) is 9.47 Å². The van der Waals surface area contributed by atoms with Gasteiger partial charge in [0.25, 0.3) is 0 Å². The molecule has 0 aliphatic heterocycles. The van der Waals surface area contributed by atoms with Crippen molar-refractivity contribution in [2.24, 2.45) is 0 Å². The first kappa shape index (κ1) is 15.8. The molecule has 2 unspecified atom stereocenters. The van der Waals surface area contributed by atoms with Crippen molar-refractivity contribution in [3.8, 4) is 5.75 Å². The largest absolute Gasteiger partial charge is 0.496 e. The third-order valence-corrected chi connectivity index (χ3v) is 3.96. The number of ether oxygens (including phenoxy) is 2. The second-order valence-corrected chi connectivity index (χ2v) is 5.23. The topological polar surface area (TPSA) is 38.4 Å². The van der Waals surface area contributed by atoms with Crippen LogP contribution in [0.3, 0.4) is 0 Å². The molecule has 3 heteroatoms. The molecule has 1 radical (unpaired) electrons. The van der Waals surface area contributed by atoms with E-state index >= 15 is 0 Å². The van der Waals surface area contributed by atoms with Crippen LogP contribution in [0.4, 0.5) is 0 Å². The number of rotatable bonds is 7. The van der Waals surface area contributed by atoms with Gasteiger partial charge in [-0.3, -0.25) is 0 Å². The van der Waals surface area contributed by atoms with E-state index in [1.807, 2.05) is 31.2 Å². The number of benzene rings is 2. The first-order valence-corrected chi connectivity index (χ1v) is 7.45. The molecule has 3 nitrogen and oxygen atoms in total. The Balaban J connectivity index is 2.40. The van der Waals surface area contributed by atoms with Crippen molar-refractivity contribution >= 4 is 10.8 Å². The molecule has 0 aliphatic rings. The minimum Gasteiger partial charge on any atom is -0.496 e. The van der Waals surface area contributed by atoms with Gasteiger partial charge in [0.1, 0.15) is 5.75 Å². The number of hydrogen-bond acceptors (Lipinski definition) is 2. The van der Waals surface area contributed by atoms with Crippen LogP contribution < -0.4 is 4.74 Å². The quantitative estimate of drug-likeness (QED) is 0.750. The molecule has 113 valence electrons. The first-order chi connectivity index (χ1) is 10.2. The summed E-state index contributed by atoms with van der Waals surface area (Å²) in [5.74, 6) is 0.819. The summed E-state index contributed by atoms with van der Waals surface area (Å²) in [4.78, 5) is 0. The van der Waals surface area contributed by atoms with E-state index in [0.717, 1.165) is 22.1 Å². The van der Waals surface area contributed by atoms with Crippen LogP contribution in [-0.4, -0.2) is 20.3 Å². The minimum atomic E-state index is -0.524. The van der Waals surface area contributed by atoms with Gasteiger partial charge >= 0.3 is 0 Å². The summed E-state index contributed by atoms with van der Waals surface area (Å²) < 4.78 is 11.2. The van der Waals surface area contributed by atoms with Crippen LogP contribution in [0.2, 0.25) is 0 Å². The van der Waals surface area contributed by atoms with Crippen molar-refractivity contribution < 1.29 is 14.6 Å². The fourth-order valence-corrected chi connectivity index (χ4v) is 2.71. The molecule has 2 rings (SSSR count). The van der Waals surface area contributed by atoms with Gasteiger partial charge in [-0.05, 0) is 36.1 Å². The minimum absolute atomic E-state index is 0.117. The molecule has 0 amide bonds. The van der Waals surface area contributed by atoms with Crippen molar-refractivity contribution in [2.45, 2.75) is 38.4 Å². The number of hydrogen-bond donors (Lipinski definition) is 0. The summed E-state index contributed by atoms with van der Waals surface area (Å²) in [6.07, 6.45) is 1.34. The average molecular weight is 287 g/mol. The van der Waals surface area contributed by atoms with Gasteiger partial charge in [-0.1, -0.05) is 37.3 Å². The third-order valence-electron chi connectivity index (χ3n) is 3.96. The molecule has 0 spiro atoms. The van der Waals surface area contributed by atoms with Gasteiger partial charge in [0.15, 0.2) is 0 Å². The lowest BCUT2D eigenvalue weighted by Gasteiger charge is -2.21. The van der Waals surface area contributed by atoms with Crippen LogP contribution in [-0.2, 0) is 9.84 Å². The second-order valence-electron chi connectivity index (χ2n) is 5.23. The first-order valence-electron chi connectivity index (χ1n) is 7.45. The van der Waals surface area contributed by atoms with Crippen molar-refractivity contribution in [3.05, 3.63) is 42.0 Å². The molecule has 0 N–H and O–H groups in total. The van der Waals surface area contributed by atoms with Gasteiger partial charge in [0, 0.05) is 12.7 Å². The SMILES string of the molecule is CCC([O])CCC(OC)c1c(OC)ccc2ccccc12. The highest BCUT2D eigenvalue weighted by molar-refractivity contribution is 5.88. The number of fused-ring (bicyclic) bond motifs is 1. The average Bonchev–Trinajstić information content (AvgIpc) is 2.54. The molecule has 2 aromatic rings. The zero-order valence-corrected chi connectivity index (χ0v) is 13.0. The lowest BCUT2D eigenvalue weighted by molar-refractivity contribution is 0.0425. The maximum absolute atomic E-state index is 11.7. The zero-order chi connectivity index (χ0) is 15.2. The Morgan fingerprint density at radius 1 is 1.05 bits per heavy atom. The lowest BCUT2D eigenvalue weighted by atomic mass is 9.95. The molecule has 2 aromatic carbocycles. The predicted molar refractivity (Wildman–Crippen MR) is 84.2 cm³/mol. The van der Waals surface area contributed by atoms with Crippen molar-refractivity contribution in [1.82, 2.24) is 0 Å². The summed E-state index contributed by atoms with van der Waals surface area (Å²) in [5.41, 5.74) is 1.04. The van der Waals surface area contributed by atoms with Gasteiger partial charge in [0.2, 0.25) is 0 Å². The fraction of sp³-hybridized carbons (Fsp3) is 0.444. The van der Waals surface area contributed by atoms with E-state index in [-0.39, 0.29) is 6.10 Å². The van der Waals surface area contributed by atoms with E-state index in [2.05, 4.69) is 12.1 Å². The van der Waals surface area contributed by atoms with Gasteiger partial charge in [-0.25, -0.2) is 5.11 Å². The maximum atomic E-state index is 11.7. The molecular formula is C18H23O3. The second kappa shape index (κ2) is 7.43. The van der Waals surface area contributed by atoms with Crippen molar-refractivity contribution in [1.29, 1.82) is 0 Å². The molecule has 0 fully saturated rings. The summed E-state index contributed by atoms with van der Waals surface area (Å²) in [6.45, 7) is 1.93. The summed E-state index contributed by atoms with van der Waals surface area (Å²) in [5, 5.41) is 14.0. The van der Waals surface area contributed by atoms with Gasteiger partial charge in [-0.15, -0.1) is 0 Å². The Kier molecular flexibility index (Phi) is 5.59. The molecule has 21 heavy (non-hydrogen) atoms. The predicted octanol–water partition coefficient (Wildman–Crippen LogP) is 4.53. The normalized spacial score (nSPS) is 14.1. The third kappa shape index (κ3) is 3.55. The Labute approximate surface area is 126 Å². The van der Waals surface area contributed by atoms with E-state index in [9.17, 15) is 5.11 Å². The molecule has 0 bridgehead atoms. The van der Waals surface area contributed by atoms with Crippen molar-refractivity contribution in [3.63, 3.8) is 0 Å².